The molecule has 0 fully saturated rings. The van der Waals surface area contributed by atoms with Crippen LogP contribution in [0.5, 0.6) is 0 Å². The van der Waals surface area contributed by atoms with Crippen molar-refractivity contribution in [2.75, 3.05) is 10.6 Å². The molecule has 1 atom stereocenters. The second-order valence-corrected chi connectivity index (χ2v) is 8.95. The van der Waals surface area contributed by atoms with Crippen LogP contribution in [-0.4, -0.2) is 22.9 Å². The number of carboxylic acids is 1. The molecule has 174 valence electrons. The maximum absolute atomic E-state index is 13.2. The zero-order valence-electron chi connectivity index (χ0n) is 18.7. The van der Waals surface area contributed by atoms with Gasteiger partial charge in [0.15, 0.2) is 5.78 Å². The van der Waals surface area contributed by atoms with Gasteiger partial charge in [0.2, 0.25) is 0 Å². The third-order valence-electron chi connectivity index (χ3n) is 6.44. The first-order chi connectivity index (χ1) is 16.3. The van der Waals surface area contributed by atoms with Gasteiger partial charge >= 0.3 is 12.0 Å². The molecule has 7 heteroatoms. The monoisotopic (exact) mass is 476 g/mol. The Kier molecular flexibility index (Phi) is 6.70. The highest BCUT2D eigenvalue weighted by Gasteiger charge is 2.42. The normalized spacial score (nSPS) is 17.1. The van der Waals surface area contributed by atoms with Crippen LogP contribution < -0.4 is 10.6 Å². The average Bonchev–Trinajstić information content (AvgIpc) is 2.81. The van der Waals surface area contributed by atoms with E-state index in [4.69, 9.17) is 11.6 Å². The Labute approximate surface area is 203 Å². The number of carbonyl (C=O) groups is 3. The number of Topliss-reactive ketones (excluding diaryl/α,β-unsaturated/α-hetero) is 1. The van der Waals surface area contributed by atoms with Crippen LogP contribution in [0.4, 0.5) is 16.2 Å². The summed E-state index contributed by atoms with van der Waals surface area (Å²) in [5.41, 5.74) is 3.52. The molecule has 4 rings (SSSR count). The fourth-order valence-corrected chi connectivity index (χ4v) is 4.81. The molecule has 1 aliphatic carbocycles. The Bertz CT molecular complexity index is 1260. The van der Waals surface area contributed by atoms with E-state index in [1.807, 2.05) is 43.3 Å². The molecule has 0 saturated heterocycles. The summed E-state index contributed by atoms with van der Waals surface area (Å²) >= 11 is 6.54. The summed E-state index contributed by atoms with van der Waals surface area (Å²) < 4.78 is 0. The Balaban J connectivity index is 1.53. The summed E-state index contributed by atoms with van der Waals surface area (Å²) in [6.07, 6.45) is 1.49. The lowest BCUT2D eigenvalue weighted by Gasteiger charge is -2.35. The SMILES string of the molecule is CCC1(CC(=O)O)CCc2cc(-c3ccc(NC(=O)Nc4ccccc4)cc3Cl)ccc2C1=O. The number of aryl methyl sites for hydroxylation is 1. The molecule has 0 spiro atoms. The number of amides is 2. The van der Waals surface area contributed by atoms with Crippen LogP contribution in [-0.2, 0) is 11.2 Å². The second-order valence-electron chi connectivity index (χ2n) is 8.55. The number of fused-ring (bicyclic) bond motifs is 1. The molecule has 2 amide bonds. The van der Waals surface area contributed by atoms with E-state index in [2.05, 4.69) is 10.6 Å². The number of para-hydroxylation sites is 1. The van der Waals surface area contributed by atoms with Crippen LogP contribution in [0.25, 0.3) is 11.1 Å². The summed E-state index contributed by atoms with van der Waals surface area (Å²) in [6.45, 7) is 1.87. The first kappa shape index (κ1) is 23.5. The quantitative estimate of drug-likeness (QED) is 0.371. The van der Waals surface area contributed by atoms with Crippen molar-refractivity contribution in [1.29, 1.82) is 0 Å². The fourth-order valence-electron chi connectivity index (χ4n) is 4.53. The highest BCUT2D eigenvalue weighted by molar-refractivity contribution is 6.33. The number of benzene rings is 3. The molecule has 0 heterocycles. The van der Waals surface area contributed by atoms with E-state index in [0.29, 0.717) is 41.2 Å². The lowest BCUT2D eigenvalue weighted by atomic mass is 9.67. The minimum atomic E-state index is -0.951. The number of hydrogen-bond acceptors (Lipinski definition) is 3. The number of ketones is 1. The van der Waals surface area contributed by atoms with Gasteiger partial charge in [-0.1, -0.05) is 61.0 Å². The van der Waals surface area contributed by atoms with Crippen molar-refractivity contribution in [3.8, 4) is 11.1 Å². The summed E-state index contributed by atoms with van der Waals surface area (Å²) in [6, 6.07) is 19.6. The number of anilines is 2. The smallest absolute Gasteiger partial charge is 0.323 e. The molecule has 0 aliphatic heterocycles. The molecule has 0 bridgehead atoms. The van der Waals surface area contributed by atoms with Crippen LogP contribution in [0.15, 0.2) is 66.7 Å². The predicted octanol–water partition coefficient (Wildman–Crippen LogP) is 6.65. The molecule has 0 saturated carbocycles. The van der Waals surface area contributed by atoms with Crippen LogP contribution in [0.2, 0.25) is 5.02 Å². The van der Waals surface area contributed by atoms with Crippen molar-refractivity contribution in [3.63, 3.8) is 0 Å². The molecule has 3 aromatic carbocycles. The summed E-state index contributed by atoms with van der Waals surface area (Å²) in [5, 5.41) is 15.3. The van der Waals surface area contributed by atoms with E-state index in [1.165, 1.54) is 0 Å². The van der Waals surface area contributed by atoms with Crippen LogP contribution in [0, 0.1) is 5.41 Å². The third-order valence-corrected chi connectivity index (χ3v) is 6.75. The van der Waals surface area contributed by atoms with Crippen molar-refractivity contribution in [2.45, 2.75) is 32.6 Å². The van der Waals surface area contributed by atoms with Crippen LogP contribution >= 0.6 is 11.6 Å². The van der Waals surface area contributed by atoms with Crippen molar-refractivity contribution in [2.24, 2.45) is 5.41 Å². The molecule has 3 aromatic rings. The van der Waals surface area contributed by atoms with E-state index in [0.717, 1.165) is 16.7 Å². The van der Waals surface area contributed by atoms with E-state index >= 15 is 0 Å². The van der Waals surface area contributed by atoms with Crippen molar-refractivity contribution >= 4 is 40.8 Å². The minimum absolute atomic E-state index is 0.0970. The van der Waals surface area contributed by atoms with Gasteiger partial charge in [0, 0.05) is 27.9 Å². The lowest BCUT2D eigenvalue weighted by Crippen LogP contribution is -2.37. The molecule has 3 N–H and O–H groups in total. The zero-order chi connectivity index (χ0) is 24.3. The largest absolute Gasteiger partial charge is 0.481 e. The fraction of sp³-hybridized carbons (Fsp3) is 0.222. The second kappa shape index (κ2) is 9.69. The number of rotatable bonds is 6. The van der Waals surface area contributed by atoms with E-state index in [-0.39, 0.29) is 18.2 Å². The van der Waals surface area contributed by atoms with Crippen LogP contribution in [0.1, 0.15) is 42.1 Å². The minimum Gasteiger partial charge on any atom is -0.481 e. The molecule has 0 aromatic heterocycles. The lowest BCUT2D eigenvalue weighted by molar-refractivity contribution is -0.139. The van der Waals surface area contributed by atoms with Crippen molar-refractivity contribution in [1.82, 2.24) is 0 Å². The predicted molar refractivity (Wildman–Crippen MR) is 134 cm³/mol. The number of halogens is 1. The van der Waals surface area contributed by atoms with Crippen molar-refractivity contribution in [3.05, 3.63) is 82.9 Å². The molecule has 1 aliphatic rings. The number of urea groups is 1. The number of aliphatic carboxylic acids is 1. The number of hydrogen-bond donors (Lipinski definition) is 3. The van der Waals surface area contributed by atoms with Gasteiger partial charge in [-0.3, -0.25) is 9.59 Å². The van der Waals surface area contributed by atoms with Gasteiger partial charge < -0.3 is 15.7 Å². The van der Waals surface area contributed by atoms with Gasteiger partial charge in [0.05, 0.1) is 11.4 Å². The Morgan fingerprint density at radius 1 is 0.971 bits per heavy atom. The van der Waals surface area contributed by atoms with E-state index in [1.54, 1.807) is 30.3 Å². The number of carbonyl (C=O) groups excluding carboxylic acids is 2. The van der Waals surface area contributed by atoms with Gasteiger partial charge in [-0.15, -0.1) is 0 Å². The first-order valence-electron chi connectivity index (χ1n) is 11.1. The third kappa shape index (κ3) is 4.82. The first-order valence-corrected chi connectivity index (χ1v) is 11.5. The molecule has 0 radical (unpaired) electrons. The van der Waals surface area contributed by atoms with Gasteiger partial charge in [-0.2, -0.15) is 0 Å². The highest BCUT2D eigenvalue weighted by Crippen LogP contribution is 2.42. The Hall–Kier alpha value is -3.64. The average molecular weight is 477 g/mol. The molecule has 6 nitrogen and oxygen atoms in total. The Morgan fingerprint density at radius 2 is 1.68 bits per heavy atom. The van der Waals surface area contributed by atoms with Crippen molar-refractivity contribution < 1.29 is 19.5 Å². The molecular weight excluding hydrogens is 452 g/mol. The Morgan fingerprint density at radius 3 is 2.35 bits per heavy atom. The standard InChI is InChI=1S/C27H25ClN2O4/c1-2-27(16-24(31)32)13-12-18-14-17(8-10-22(18)25(27)33)21-11-9-20(15-23(21)28)30-26(34)29-19-6-4-3-5-7-19/h3-11,14-15H,2,12-13,16H2,1H3,(H,31,32)(H2,29,30,34). The van der Waals surface area contributed by atoms with Gasteiger partial charge in [0.1, 0.15) is 0 Å². The van der Waals surface area contributed by atoms with Crippen LogP contribution in [0.3, 0.4) is 0 Å². The summed E-state index contributed by atoms with van der Waals surface area (Å²) in [4.78, 5) is 36.8. The topological polar surface area (TPSA) is 95.5 Å². The van der Waals surface area contributed by atoms with Gasteiger partial charge in [-0.05, 0) is 54.7 Å². The zero-order valence-corrected chi connectivity index (χ0v) is 19.5. The maximum Gasteiger partial charge on any atom is 0.323 e. The number of carboxylic acid groups (broad SMARTS) is 1. The van der Waals surface area contributed by atoms with E-state index in [9.17, 15) is 19.5 Å². The van der Waals surface area contributed by atoms with Gasteiger partial charge in [-0.25, -0.2) is 4.79 Å². The summed E-state index contributed by atoms with van der Waals surface area (Å²) in [5.74, 6) is -1.05. The molecular formula is C27H25ClN2O4. The maximum atomic E-state index is 13.2. The molecule has 1 unspecified atom stereocenters. The van der Waals surface area contributed by atoms with Gasteiger partial charge in [0.25, 0.3) is 0 Å². The highest BCUT2D eigenvalue weighted by atomic mass is 35.5. The van der Waals surface area contributed by atoms with E-state index < -0.39 is 11.4 Å². The number of nitrogens with one attached hydrogen (secondary N) is 2. The molecule has 34 heavy (non-hydrogen) atoms. The summed E-state index contributed by atoms with van der Waals surface area (Å²) in [7, 11) is 0.